The molecule has 0 saturated carbocycles. The van der Waals surface area contributed by atoms with E-state index in [4.69, 9.17) is 32.7 Å². The maximum atomic E-state index is 12.6. The Balaban J connectivity index is 1.72. The zero-order valence-corrected chi connectivity index (χ0v) is 20.6. The van der Waals surface area contributed by atoms with Crippen LogP contribution in [0, 0.1) is 0 Å². The number of halogens is 4. The highest BCUT2D eigenvalue weighted by molar-refractivity contribution is 9.11. The molecule has 1 heterocycles. The van der Waals surface area contributed by atoms with E-state index in [0.29, 0.717) is 35.7 Å². The van der Waals surface area contributed by atoms with Gasteiger partial charge in [-0.15, -0.1) is 0 Å². The molecule has 0 spiro atoms. The summed E-state index contributed by atoms with van der Waals surface area (Å²) in [5, 5.41) is 0.747. The molecule has 5 nitrogen and oxygen atoms in total. The van der Waals surface area contributed by atoms with Gasteiger partial charge in [0.15, 0.2) is 11.4 Å². The Morgan fingerprint density at radius 2 is 1.78 bits per heavy atom. The van der Waals surface area contributed by atoms with Gasteiger partial charge in [0.1, 0.15) is 0 Å². The van der Waals surface area contributed by atoms with Crippen LogP contribution in [0.5, 0.6) is 5.75 Å². The molecule has 0 unspecified atom stereocenters. The first-order valence-corrected chi connectivity index (χ1v) is 11.4. The third kappa shape index (κ3) is 4.96. The fraction of sp³-hybridized carbons (Fsp3) is 0. The van der Waals surface area contributed by atoms with Crippen LogP contribution in [0.1, 0.15) is 21.5 Å². The highest BCUT2D eigenvalue weighted by Gasteiger charge is 2.27. The first-order chi connectivity index (χ1) is 15.3. The molecule has 0 bridgehead atoms. The zero-order chi connectivity index (χ0) is 22.8. The van der Waals surface area contributed by atoms with Gasteiger partial charge in [0.05, 0.1) is 20.6 Å². The van der Waals surface area contributed by atoms with Crippen molar-refractivity contribution in [1.82, 2.24) is 0 Å². The number of ether oxygens (including phenoxy) is 2. The molecule has 9 heteroatoms. The predicted molar refractivity (Wildman–Crippen MR) is 130 cm³/mol. The number of carbonyl (C=O) groups excluding carboxylic acids is 2. The molecular weight excluding hydrogens is 585 g/mol. The maximum absolute atomic E-state index is 12.6. The second-order valence-electron chi connectivity index (χ2n) is 6.52. The van der Waals surface area contributed by atoms with Gasteiger partial charge in [0.2, 0.25) is 5.90 Å². The molecule has 0 aliphatic carbocycles. The van der Waals surface area contributed by atoms with Gasteiger partial charge in [-0.05, 0) is 64.5 Å². The standard InChI is InChI=1S/C23H11Br2Cl2NO4/c24-14-8-13(20(17(25)10-14)31-22(29)12-4-2-1-3-5-12)9-19-23(30)32-21(28-19)16-7-6-15(26)11-18(16)27/h1-11H/b19-9-. The summed E-state index contributed by atoms with van der Waals surface area (Å²) < 4.78 is 12.1. The number of esters is 2. The summed E-state index contributed by atoms with van der Waals surface area (Å²) in [6.07, 6.45) is 1.47. The minimum Gasteiger partial charge on any atom is -0.421 e. The van der Waals surface area contributed by atoms with E-state index < -0.39 is 11.9 Å². The Kier molecular flexibility index (Phi) is 6.81. The summed E-state index contributed by atoms with van der Waals surface area (Å²) in [6.45, 7) is 0. The number of aliphatic imine (C=N–C) groups is 1. The van der Waals surface area contributed by atoms with Gasteiger partial charge in [-0.3, -0.25) is 0 Å². The van der Waals surface area contributed by atoms with Crippen LogP contribution in [0.2, 0.25) is 10.0 Å². The average molecular weight is 596 g/mol. The molecule has 3 aromatic carbocycles. The fourth-order valence-corrected chi connectivity index (χ4v) is 4.68. The number of nitrogens with zero attached hydrogens (tertiary/aromatic N) is 1. The lowest BCUT2D eigenvalue weighted by atomic mass is 10.1. The molecule has 32 heavy (non-hydrogen) atoms. The van der Waals surface area contributed by atoms with Crippen molar-refractivity contribution in [3.8, 4) is 5.75 Å². The van der Waals surface area contributed by atoms with Crippen LogP contribution in [0.4, 0.5) is 0 Å². The Bertz CT molecular complexity index is 1310. The van der Waals surface area contributed by atoms with Gasteiger partial charge in [-0.1, -0.05) is 57.3 Å². The van der Waals surface area contributed by atoms with Crippen molar-refractivity contribution >= 4 is 79.0 Å². The summed E-state index contributed by atoms with van der Waals surface area (Å²) in [5.41, 5.74) is 1.28. The molecule has 0 saturated heterocycles. The van der Waals surface area contributed by atoms with Crippen LogP contribution in [-0.2, 0) is 9.53 Å². The Labute approximate surface area is 209 Å². The highest BCUT2D eigenvalue weighted by atomic mass is 79.9. The third-order valence-corrected chi connectivity index (χ3v) is 5.91. The molecule has 0 amide bonds. The number of carbonyl (C=O) groups is 2. The number of benzene rings is 3. The number of cyclic esters (lactones) is 1. The van der Waals surface area contributed by atoms with Crippen LogP contribution >= 0.6 is 55.1 Å². The molecule has 0 fully saturated rings. The molecule has 0 N–H and O–H groups in total. The third-order valence-electron chi connectivity index (χ3n) is 4.32. The molecule has 0 atom stereocenters. The topological polar surface area (TPSA) is 65.0 Å². The van der Waals surface area contributed by atoms with E-state index >= 15 is 0 Å². The van der Waals surface area contributed by atoms with Crippen molar-refractivity contribution in [2.24, 2.45) is 4.99 Å². The van der Waals surface area contributed by atoms with Crippen LogP contribution in [0.15, 0.2) is 80.3 Å². The number of hydrogen-bond acceptors (Lipinski definition) is 5. The summed E-state index contributed by atoms with van der Waals surface area (Å²) in [4.78, 5) is 29.3. The first kappa shape index (κ1) is 22.7. The minimum atomic E-state index is -0.664. The lowest BCUT2D eigenvalue weighted by molar-refractivity contribution is -0.129. The summed E-state index contributed by atoms with van der Waals surface area (Å²) in [7, 11) is 0. The highest BCUT2D eigenvalue weighted by Crippen LogP contribution is 2.36. The zero-order valence-electron chi connectivity index (χ0n) is 15.9. The van der Waals surface area contributed by atoms with Crippen molar-refractivity contribution in [1.29, 1.82) is 0 Å². The van der Waals surface area contributed by atoms with E-state index in [0.717, 1.165) is 0 Å². The second kappa shape index (κ2) is 9.58. The molecule has 0 aromatic heterocycles. The summed E-state index contributed by atoms with van der Waals surface area (Å²) in [6, 6.07) is 16.8. The molecular formula is C23H11Br2Cl2NO4. The normalized spacial score (nSPS) is 14.3. The van der Waals surface area contributed by atoms with Crippen LogP contribution < -0.4 is 4.74 Å². The van der Waals surface area contributed by atoms with Gasteiger partial charge in [0, 0.05) is 15.1 Å². The summed E-state index contributed by atoms with van der Waals surface area (Å²) >= 11 is 18.9. The quantitative estimate of drug-likeness (QED) is 0.184. The van der Waals surface area contributed by atoms with Crippen molar-refractivity contribution in [2.45, 2.75) is 0 Å². The Morgan fingerprint density at radius 1 is 1.03 bits per heavy atom. The van der Waals surface area contributed by atoms with E-state index in [1.807, 2.05) is 0 Å². The lowest BCUT2D eigenvalue weighted by Gasteiger charge is -2.11. The minimum absolute atomic E-state index is 0.0213. The second-order valence-corrected chi connectivity index (χ2v) is 9.14. The number of rotatable bonds is 4. The maximum Gasteiger partial charge on any atom is 0.363 e. The average Bonchev–Trinajstić information content (AvgIpc) is 3.11. The Morgan fingerprint density at radius 3 is 2.50 bits per heavy atom. The molecule has 3 aromatic rings. The van der Waals surface area contributed by atoms with Crippen LogP contribution in [-0.4, -0.2) is 17.8 Å². The van der Waals surface area contributed by atoms with E-state index in [-0.39, 0.29) is 17.3 Å². The Hall–Kier alpha value is -2.45. The molecule has 1 aliphatic rings. The molecule has 0 radical (unpaired) electrons. The largest absolute Gasteiger partial charge is 0.421 e. The monoisotopic (exact) mass is 593 g/mol. The van der Waals surface area contributed by atoms with Gasteiger partial charge < -0.3 is 9.47 Å². The lowest BCUT2D eigenvalue weighted by Crippen LogP contribution is -2.10. The smallest absolute Gasteiger partial charge is 0.363 e. The van der Waals surface area contributed by atoms with Crippen molar-refractivity contribution in [3.05, 3.63) is 102 Å². The molecule has 1 aliphatic heterocycles. The molecule has 160 valence electrons. The van der Waals surface area contributed by atoms with Gasteiger partial charge in [-0.25, -0.2) is 14.6 Å². The van der Waals surface area contributed by atoms with Crippen molar-refractivity contribution < 1.29 is 19.1 Å². The van der Waals surface area contributed by atoms with E-state index in [9.17, 15) is 9.59 Å². The van der Waals surface area contributed by atoms with E-state index in [1.54, 1.807) is 54.6 Å². The van der Waals surface area contributed by atoms with Gasteiger partial charge in [0.25, 0.3) is 0 Å². The van der Waals surface area contributed by atoms with Gasteiger partial charge >= 0.3 is 11.9 Å². The van der Waals surface area contributed by atoms with E-state index in [1.165, 1.54) is 12.1 Å². The van der Waals surface area contributed by atoms with E-state index in [2.05, 4.69) is 36.9 Å². The predicted octanol–water partition coefficient (Wildman–Crippen LogP) is 7.08. The first-order valence-electron chi connectivity index (χ1n) is 9.06. The van der Waals surface area contributed by atoms with Crippen molar-refractivity contribution in [2.75, 3.05) is 0 Å². The SMILES string of the molecule is O=C1OC(c2ccc(Cl)cc2Cl)=N/C1=C\c1cc(Br)cc(Br)c1OC(=O)c1ccccc1. The van der Waals surface area contributed by atoms with Crippen LogP contribution in [0.25, 0.3) is 6.08 Å². The molecule has 4 rings (SSSR count). The van der Waals surface area contributed by atoms with Gasteiger partial charge in [-0.2, -0.15) is 0 Å². The van der Waals surface area contributed by atoms with Crippen molar-refractivity contribution in [3.63, 3.8) is 0 Å². The number of hydrogen-bond donors (Lipinski definition) is 0. The summed E-state index contributed by atoms with van der Waals surface area (Å²) in [5.74, 6) is -0.919. The fourth-order valence-electron chi connectivity index (χ4n) is 2.86. The van der Waals surface area contributed by atoms with Crippen LogP contribution in [0.3, 0.4) is 0 Å².